The molecule has 0 bridgehead atoms. The van der Waals surface area contributed by atoms with E-state index in [1.807, 2.05) is 0 Å². The number of nitrogens with zero attached hydrogens (tertiary/aromatic N) is 1. The Balaban J connectivity index is 3.69. The van der Waals surface area contributed by atoms with Crippen molar-refractivity contribution >= 4 is 5.84 Å². The lowest BCUT2D eigenvalue weighted by Crippen LogP contribution is -2.24. The summed E-state index contributed by atoms with van der Waals surface area (Å²) in [6.45, 7) is 8.71. The summed E-state index contributed by atoms with van der Waals surface area (Å²) >= 11 is 0. The molecule has 0 spiro atoms. The van der Waals surface area contributed by atoms with Gasteiger partial charge in [-0.1, -0.05) is 33.6 Å². The van der Waals surface area contributed by atoms with Gasteiger partial charge in [0.2, 0.25) is 0 Å². The van der Waals surface area contributed by atoms with Crippen LogP contribution in [0, 0.1) is 0 Å². The third-order valence-corrected chi connectivity index (χ3v) is 2.16. The number of unbranched alkanes of at least 4 members (excludes halogenated alkanes) is 2. The number of hydrogen-bond donors (Lipinski definition) is 1. The summed E-state index contributed by atoms with van der Waals surface area (Å²) in [5.41, 5.74) is 0. The van der Waals surface area contributed by atoms with Crippen LogP contribution >= 0.6 is 0 Å². The highest BCUT2D eigenvalue weighted by atomic mass is 15.0. The zero-order chi connectivity index (χ0) is 10.6. The van der Waals surface area contributed by atoms with Gasteiger partial charge in [0.25, 0.3) is 0 Å². The van der Waals surface area contributed by atoms with Crippen molar-refractivity contribution in [3.8, 4) is 0 Å². The Bertz CT molecular complexity index is 141. The van der Waals surface area contributed by atoms with Gasteiger partial charge in [-0.15, -0.1) is 0 Å². The molecular weight excluding hydrogens is 172 g/mol. The highest BCUT2D eigenvalue weighted by Gasteiger charge is 1.95. The Morgan fingerprint density at radius 3 is 2.29 bits per heavy atom. The van der Waals surface area contributed by atoms with Gasteiger partial charge in [-0.2, -0.15) is 0 Å². The maximum atomic E-state index is 4.58. The maximum Gasteiger partial charge on any atom is 0.0962 e. The average molecular weight is 198 g/mol. The number of nitrogens with one attached hydrogen (secondary N) is 1. The lowest BCUT2D eigenvalue weighted by molar-refractivity contribution is 0.731. The topological polar surface area (TPSA) is 24.4 Å². The molecule has 2 nitrogen and oxygen atoms in total. The minimum Gasteiger partial charge on any atom is -0.374 e. The minimum absolute atomic E-state index is 0.991. The fourth-order valence-corrected chi connectivity index (χ4v) is 1.24. The number of aliphatic imine (C=N–C) groups is 1. The second-order valence-corrected chi connectivity index (χ2v) is 3.71. The fraction of sp³-hybridized carbons (Fsp3) is 0.917. The molecule has 0 aliphatic rings. The van der Waals surface area contributed by atoms with E-state index in [0.717, 1.165) is 19.5 Å². The van der Waals surface area contributed by atoms with E-state index in [2.05, 4.69) is 31.1 Å². The Morgan fingerprint density at radius 1 is 1.00 bits per heavy atom. The molecule has 0 saturated heterocycles. The summed E-state index contributed by atoms with van der Waals surface area (Å²) in [6, 6.07) is 0. The van der Waals surface area contributed by atoms with Gasteiger partial charge in [-0.3, -0.25) is 4.99 Å². The minimum atomic E-state index is 0.991. The third kappa shape index (κ3) is 8.09. The van der Waals surface area contributed by atoms with Crippen LogP contribution in [0.5, 0.6) is 0 Å². The van der Waals surface area contributed by atoms with E-state index < -0.39 is 0 Å². The SMILES string of the molecule is CCCCN=C(CCC)NCCCC. The number of amidine groups is 1. The van der Waals surface area contributed by atoms with Crippen LogP contribution in [0.4, 0.5) is 0 Å². The van der Waals surface area contributed by atoms with Crippen molar-refractivity contribution in [3.63, 3.8) is 0 Å². The highest BCUT2D eigenvalue weighted by Crippen LogP contribution is 1.94. The molecular formula is C12H26N2. The van der Waals surface area contributed by atoms with Crippen LogP contribution in [0.1, 0.15) is 59.3 Å². The standard InChI is InChI=1S/C12H26N2/c1-4-7-10-13-12(9-6-3)14-11-8-5-2/h4-11H2,1-3H3,(H,13,14). The van der Waals surface area contributed by atoms with E-state index in [1.54, 1.807) is 0 Å². The van der Waals surface area contributed by atoms with Crippen molar-refractivity contribution < 1.29 is 0 Å². The maximum absolute atomic E-state index is 4.58. The van der Waals surface area contributed by atoms with Gasteiger partial charge in [-0.25, -0.2) is 0 Å². The van der Waals surface area contributed by atoms with Crippen LogP contribution < -0.4 is 5.32 Å². The first-order valence-corrected chi connectivity index (χ1v) is 6.12. The first-order chi connectivity index (χ1) is 6.85. The normalized spacial score (nSPS) is 11.8. The van der Waals surface area contributed by atoms with E-state index in [1.165, 1.54) is 37.9 Å². The number of rotatable bonds is 8. The Labute approximate surface area is 89.2 Å². The molecule has 0 fully saturated rings. The summed E-state index contributed by atoms with van der Waals surface area (Å²) in [7, 11) is 0. The molecule has 0 aromatic rings. The molecule has 0 rings (SSSR count). The average Bonchev–Trinajstić information content (AvgIpc) is 2.18. The highest BCUT2D eigenvalue weighted by molar-refractivity contribution is 5.82. The molecule has 0 unspecified atom stereocenters. The van der Waals surface area contributed by atoms with Crippen molar-refractivity contribution in [2.45, 2.75) is 59.3 Å². The molecule has 2 heteroatoms. The van der Waals surface area contributed by atoms with Crippen molar-refractivity contribution in [3.05, 3.63) is 0 Å². The quantitative estimate of drug-likeness (QED) is 0.361. The molecule has 0 atom stereocenters. The fourth-order valence-electron chi connectivity index (χ4n) is 1.24. The van der Waals surface area contributed by atoms with Crippen LogP contribution in [0.15, 0.2) is 4.99 Å². The molecule has 0 aliphatic heterocycles. The van der Waals surface area contributed by atoms with Gasteiger partial charge in [0, 0.05) is 19.5 Å². The molecule has 0 aromatic carbocycles. The predicted octanol–water partition coefficient (Wildman–Crippen LogP) is 3.37. The van der Waals surface area contributed by atoms with Gasteiger partial charge in [-0.05, 0) is 19.3 Å². The molecule has 0 radical (unpaired) electrons. The zero-order valence-corrected chi connectivity index (χ0v) is 10.1. The molecule has 1 N–H and O–H groups in total. The van der Waals surface area contributed by atoms with E-state index in [9.17, 15) is 0 Å². The molecule has 0 heterocycles. The molecule has 0 saturated carbocycles. The van der Waals surface area contributed by atoms with E-state index in [-0.39, 0.29) is 0 Å². The third-order valence-electron chi connectivity index (χ3n) is 2.16. The molecule has 0 aliphatic carbocycles. The number of hydrogen-bond acceptors (Lipinski definition) is 1. The summed E-state index contributed by atoms with van der Waals surface area (Å²) < 4.78 is 0. The Kier molecular flexibility index (Phi) is 10.2. The summed E-state index contributed by atoms with van der Waals surface area (Å²) in [5, 5.41) is 3.43. The van der Waals surface area contributed by atoms with E-state index >= 15 is 0 Å². The molecule has 0 aromatic heterocycles. The van der Waals surface area contributed by atoms with Crippen LogP contribution in [0.3, 0.4) is 0 Å². The van der Waals surface area contributed by atoms with Crippen LogP contribution in [0.25, 0.3) is 0 Å². The van der Waals surface area contributed by atoms with Gasteiger partial charge in [0.1, 0.15) is 0 Å². The van der Waals surface area contributed by atoms with E-state index in [4.69, 9.17) is 0 Å². The van der Waals surface area contributed by atoms with Gasteiger partial charge in [0.05, 0.1) is 5.84 Å². The zero-order valence-electron chi connectivity index (χ0n) is 10.1. The van der Waals surface area contributed by atoms with Crippen LogP contribution in [-0.4, -0.2) is 18.9 Å². The van der Waals surface area contributed by atoms with Gasteiger partial charge in [0.15, 0.2) is 0 Å². The molecule has 84 valence electrons. The second-order valence-electron chi connectivity index (χ2n) is 3.71. The van der Waals surface area contributed by atoms with Gasteiger partial charge < -0.3 is 5.32 Å². The van der Waals surface area contributed by atoms with Crippen molar-refractivity contribution in [1.29, 1.82) is 0 Å². The first-order valence-electron chi connectivity index (χ1n) is 6.12. The smallest absolute Gasteiger partial charge is 0.0962 e. The lowest BCUT2D eigenvalue weighted by Gasteiger charge is -2.08. The second kappa shape index (κ2) is 10.6. The van der Waals surface area contributed by atoms with Crippen molar-refractivity contribution in [2.24, 2.45) is 4.99 Å². The van der Waals surface area contributed by atoms with Crippen molar-refractivity contribution in [2.75, 3.05) is 13.1 Å². The predicted molar refractivity (Wildman–Crippen MR) is 65.0 cm³/mol. The van der Waals surface area contributed by atoms with Crippen molar-refractivity contribution in [1.82, 2.24) is 5.32 Å². The summed E-state index contributed by atoms with van der Waals surface area (Å²) in [5.74, 6) is 1.22. The molecule has 14 heavy (non-hydrogen) atoms. The lowest BCUT2D eigenvalue weighted by atomic mass is 10.3. The van der Waals surface area contributed by atoms with Crippen LogP contribution in [-0.2, 0) is 0 Å². The summed E-state index contributed by atoms with van der Waals surface area (Å²) in [4.78, 5) is 4.58. The Morgan fingerprint density at radius 2 is 1.71 bits per heavy atom. The molecule has 0 amide bonds. The van der Waals surface area contributed by atoms with Crippen LogP contribution in [0.2, 0.25) is 0 Å². The largest absolute Gasteiger partial charge is 0.374 e. The first kappa shape index (κ1) is 13.5. The summed E-state index contributed by atoms with van der Waals surface area (Å²) in [6.07, 6.45) is 7.23. The Hall–Kier alpha value is -0.530. The monoisotopic (exact) mass is 198 g/mol. The van der Waals surface area contributed by atoms with E-state index in [0.29, 0.717) is 0 Å². The van der Waals surface area contributed by atoms with Gasteiger partial charge >= 0.3 is 0 Å².